The molecule has 4 rings (SSSR count). The van der Waals surface area contributed by atoms with Crippen molar-refractivity contribution in [1.82, 2.24) is 9.88 Å². The minimum Gasteiger partial charge on any atom is -0.378 e. The summed E-state index contributed by atoms with van der Waals surface area (Å²) < 4.78 is 44.0. The molecule has 8 heteroatoms. The van der Waals surface area contributed by atoms with Crippen LogP contribution < -0.4 is 4.90 Å². The monoisotopic (exact) mass is 459 g/mol. The molecule has 0 bridgehead atoms. The zero-order valence-electron chi connectivity index (χ0n) is 18.9. The molecule has 2 saturated heterocycles. The first-order valence-electron chi connectivity index (χ1n) is 11.1. The van der Waals surface area contributed by atoms with E-state index in [1.54, 1.807) is 0 Å². The van der Waals surface area contributed by atoms with Gasteiger partial charge in [0.15, 0.2) is 5.78 Å². The second kappa shape index (κ2) is 9.27. The molecule has 5 nitrogen and oxygen atoms in total. The highest BCUT2D eigenvalue weighted by Crippen LogP contribution is 2.32. The third-order valence-corrected chi connectivity index (χ3v) is 6.02. The molecule has 1 aromatic carbocycles. The molecule has 2 fully saturated rings. The summed E-state index contributed by atoms with van der Waals surface area (Å²) in [5.41, 5.74) is 0.893. The predicted molar refractivity (Wildman–Crippen MR) is 121 cm³/mol. The molecular weight excluding hydrogens is 431 g/mol. The molecule has 0 amide bonds. The lowest BCUT2D eigenvalue weighted by Gasteiger charge is -2.38. The van der Waals surface area contributed by atoms with Gasteiger partial charge in [0, 0.05) is 43.7 Å². The van der Waals surface area contributed by atoms with Gasteiger partial charge in [0.1, 0.15) is 5.82 Å². The first kappa shape index (κ1) is 23.4. The highest BCUT2D eigenvalue weighted by atomic mass is 19.4. The van der Waals surface area contributed by atoms with E-state index in [1.165, 1.54) is 12.1 Å². The second-order valence-corrected chi connectivity index (χ2v) is 9.24. The Bertz CT molecular complexity index is 1030. The fourth-order valence-electron chi connectivity index (χ4n) is 4.38. The van der Waals surface area contributed by atoms with E-state index in [-0.39, 0.29) is 5.78 Å². The Labute approximate surface area is 191 Å². The number of halogens is 3. The van der Waals surface area contributed by atoms with E-state index >= 15 is 0 Å². The van der Waals surface area contributed by atoms with Crippen LogP contribution in [0, 0.1) is 5.41 Å². The quantitative estimate of drug-likeness (QED) is 0.633. The maximum absolute atomic E-state index is 13.1. The molecule has 0 atom stereocenters. The van der Waals surface area contributed by atoms with E-state index in [1.807, 2.05) is 38.1 Å². The lowest BCUT2D eigenvalue weighted by atomic mass is 9.79. The Morgan fingerprint density at radius 3 is 2.45 bits per heavy atom. The molecule has 2 aliphatic heterocycles. The topological polar surface area (TPSA) is 45.7 Å². The van der Waals surface area contributed by atoms with Crippen LogP contribution in [0.1, 0.15) is 30.7 Å². The summed E-state index contributed by atoms with van der Waals surface area (Å²) in [6.45, 7) is 8.11. The molecule has 2 aromatic rings. The van der Waals surface area contributed by atoms with Crippen molar-refractivity contribution in [3.8, 4) is 0 Å². The largest absolute Gasteiger partial charge is 0.416 e. The number of anilines is 1. The number of aromatic nitrogens is 1. The molecule has 2 aliphatic rings. The normalized spacial score (nSPS) is 20.9. The number of hydrogen-bond acceptors (Lipinski definition) is 5. The van der Waals surface area contributed by atoms with Crippen molar-refractivity contribution in [2.75, 3.05) is 44.3 Å². The third-order valence-electron chi connectivity index (χ3n) is 6.02. The van der Waals surface area contributed by atoms with Crippen LogP contribution in [-0.2, 0) is 22.3 Å². The first-order chi connectivity index (χ1) is 15.6. The summed E-state index contributed by atoms with van der Waals surface area (Å²) in [6, 6.07) is 11.0. The van der Waals surface area contributed by atoms with Gasteiger partial charge in [-0.2, -0.15) is 13.2 Å². The summed E-state index contributed by atoms with van der Waals surface area (Å²) in [6.07, 6.45) is -2.51. The number of piperidine rings is 1. The molecule has 3 heterocycles. The van der Waals surface area contributed by atoms with Crippen molar-refractivity contribution in [3.05, 3.63) is 64.9 Å². The van der Waals surface area contributed by atoms with Crippen LogP contribution in [0.5, 0.6) is 0 Å². The highest BCUT2D eigenvalue weighted by molar-refractivity contribution is 6.04. The SMILES string of the molecule is CC1(C)CN(Cc2ccc(C(F)(F)F)cc2)CC(=Cc2cccc(N3CCOCC3)n2)C1=O. The molecule has 0 spiro atoms. The van der Waals surface area contributed by atoms with Crippen LogP contribution >= 0.6 is 0 Å². The van der Waals surface area contributed by atoms with E-state index in [0.717, 1.165) is 42.3 Å². The lowest BCUT2D eigenvalue weighted by molar-refractivity contribution is -0.137. The number of rotatable bonds is 4. The number of ketones is 1. The van der Waals surface area contributed by atoms with Gasteiger partial charge in [-0.05, 0) is 35.9 Å². The van der Waals surface area contributed by atoms with Gasteiger partial charge in [0.25, 0.3) is 0 Å². The van der Waals surface area contributed by atoms with Gasteiger partial charge in [0.05, 0.1) is 24.5 Å². The Morgan fingerprint density at radius 1 is 1.09 bits per heavy atom. The number of Topliss-reactive ketones (excluding diaryl/α,β-unsaturated/α-hetero) is 1. The summed E-state index contributed by atoms with van der Waals surface area (Å²) >= 11 is 0. The fourth-order valence-corrected chi connectivity index (χ4v) is 4.38. The third kappa shape index (κ3) is 5.62. The van der Waals surface area contributed by atoms with Crippen molar-refractivity contribution >= 4 is 17.7 Å². The molecule has 0 radical (unpaired) electrons. The Hall–Kier alpha value is -2.71. The Morgan fingerprint density at radius 2 is 1.79 bits per heavy atom. The number of pyridine rings is 1. The van der Waals surface area contributed by atoms with Crippen molar-refractivity contribution in [1.29, 1.82) is 0 Å². The minimum absolute atomic E-state index is 0.0738. The van der Waals surface area contributed by atoms with Crippen LogP contribution in [0.3, 0.4) is 0 Å². The average molecular weight is 460 g/mol. The lowest BCUT2D eigenvalue weighted by Crippen LogP contribution is -2.47. The van der Waals surface area contributed by atoms with Gasteiger partial charge in [-0.3, -0.25) is 9.69 Å². The smallest absolute Gasteiger partial charge is 0.378 e. The number of ether oxygens (including phenoxy) is 1. The molecule has 33 heavy (non-hydrogen) atoms. The molecule has 176 valence electrons. The van der Waals surface area contributed by atoms with Crippen LogP contribution in [0.2, 0.25) is 0 Å². The number of alkyl halides is 3. The fraction of sp³-hybridized carbons (Fsp3) is 0.440. The summed E-state index contributed by atoms with van der Waals surface area (Å²) in [5, 5.41) is 0. The number of likely N-dealkylation sites (tertiary alicyclic amines) is 1. The van der Waals surface area contributed by atoms with Crippen LogP contribution in [-0.4, -0.2) is 55.1 Å². The van der Waals surface area contributed by atoms with E-state index in [4.69, 9.17) is 9.72 Å². The zero-order chi connectivity index (χ0) is 23.6. The molecule has 0 N–H and O–H groups in total. The zero-order valence-corrected chi connectivity index (χ0v) is 18.9. The van der Waals surface area contributed by atoms with Crippen LogP contribution in [0.4, 0.5) is 19.0 Å². The number of nitrogens with zero attached hydrogens (tertiary/aromatic N) is 3. The number of benzene rings is 1. The van der Waals surface area contributed by atoms with E-state index in [0.29, 0.717) is 38.4 Å². The van der Waals surface area contributed by atoms with E-state index in [2.05, 4.69) is 9.80 Å². The van der Waals surface area contributed by atoms with Gasteiger partial charge in [-0.15, -0.1) is 0 Å². The molecule has 0 aliphatic carbocycles. The predicted octanol–water partition coefficient (Wildman–Crippen LogP) is 4.43. The standard InChI is InChI=1S/C25H28F3N3O2/c1-24(2)17-30(15-18-6-8-20(9-7-18)25(26,27)28)16-19(23(24)32)14-21-4-3-5-22(29-21)31-10-12-33-13-11-31/h3-9,14H,10-13,15-17H2,1-2H3. The van der Waals surface area contributed by atoms with Gasteiger partial charge in [-0.25, -0.2) is 4.98 Å². The van der Waals surface area contributed by atoms with Crippen molar-refractivity contribution < 1.29 is 22.7 Å². The Kier molecular flexibility index (Phi) is 6.59. The van der Waals surface area contributed by atoms with Crippen LogP contribution in [0.15, 0.2) is 48.0 Å². The van der Waals surface area contributed by atoms with Crippen molar-refractivity contribution in [2.24, 2.45) is 5.41 Å². The number of morpholine rings is 1. The van der Waals surface area contributed by atoms with E-state index in [9.17, 15) is 18.0 Å². The second-order valence-electron chi connectivity index (χ2n) is 9.24. The maximum Gasteiger partial charge on any atom is 0.416 e. The van der Waals surface area contributed by atoms with Gasteiger partial charge >= 0.3 is 6.18 Å². The molecular formula is C25H28F3N3O2. The summed E-state index contributed by atoms with van der Waals surface area (Å²) in [4.78, 5) is 22.1. The number of carbonyl (C=O) groups is 1. The minimum atomic E-state index is -4.35. The van der Waals surface area contributed by atoms with Gasteiger partial charge in [-0.1, -0.05) is 32.0 Å². The maximum atomic E-state index is 13.1. The van der Waals surface area contributed by atoms with Crippen molar-refractivity contribution in [3.63, 3.8) is 0 Å². The number of carbonyl (C=O) groups excluding carboxylic acids is 1. The summed E-state index contributed by atoms with van der Waals surface area (Å²) in [5.74, 6) is 0.932. The van der Waals surface area contributed by atoms with E-state index < -0.39 is 17.2 Å². The molecule has 0 unspecified atom stereocenters. The van der Waals surface area contributed by atoms with Gasteiger partial charge < -0.3 is 9.64 Å². The van der Waals surface area contributed by atoms with Crippen molar-refractivity contribution in [2.45, 2.75) is 26.6 Å². The highest BCUT2D eigenvalue weighted by Gasteiger charge is 2.37. The first-order valence-corrected chi connectivity index (χ1v) is 11.1. The molecule has 1 aromatic heterocycles. The Balaban J connectivity index is 1.53. The summed E-state index contributed by atoms with van der Waals surface area (Å²) in [7, 11) is 0. The van der Waals surface area contributed by atoms with Gasteiger partial charge in [0.2, 0.25) is 0 Å². The van der Waals surface area contributed by atoms with Crippen LogP contribution in [0.25, 0.3) is 6.08 Å². The molecule has 0 saturated carbocycles. The average Bonchev–Trinajstić information content (AvgIpc) is 2.77. The number of hydrogen-bond donors (Lipinski definition) is 0.